The molecule has 1 heterocycles. The first-order valence-electron chi connectivity index (χ1n) is 11.8. The molecule has 1 aliphatic heterocycles. The van der Waals surface area contributed by atoms with Gasteiger partial charge in [-0.2, -0.15) is 0 Å². The number of rotatable bonds is 5. The van der Waals surface area contributed by atoms with E-state index in [1.54, 1.807) is 6.08 Å². The Morgan fingerprint density at radius 2 is 1.40 bits per heavy atom. The minimum Gasteiger partial charge on any atom is -0.368 e. The highest BCUT2D eigenvalue weighted by Crippen LogP contribution is 2.22. The fourth-order valence-electron chi connectivity index (χ4n) is 4.40. The van der Waals surface area contributed by atoms with Gasteiger partial charge in [-0.05, 0) is 52.7 Å². The summed E-state index contributed by atoms with van der Waals surface area (Å²) in [4.78, 5) is 29.6. The number of carbonyl (C=O) groups is 2. The molecule has 5 heteroatoms. The van der Waals surface area contributed by atoms with Crippen molar-refractivity contribution in [2.24, 2.45) is 0 Å². The molecule has 1 saturated heterocycles. The number of amides is 2. The van der Waals surface area contributed by atoms with Crippen molar-refractivity contribution in [2.45, 2.75) is 0 Å². The topological polar surface area (TPSA) is 52.7 Å². The molecule has 4 aromatic carbocycles. The zero-order valence-corrected chi connectivity index (χ0v) is 19.4. The van der Waals surface area contributed by atoms with Crippen LogP contribution in [-0.2, 0) is 4.79 Å². The van der Waals surface area contributed by atoms with Gasteiger partial charge in [0, 0.05) is 49.2 Å². The van der Waals surface area contributed by atoms with Gasteiger partial charge in [-0.15, -0.1) is 0 Å². The summed E-state index contributed by atoms with van der Waals surface area (Å²) in [6.45, 7) is 2.90. The van der Waals surface area contributed by atoms with Gasteiger partial charge in [-0.25, -0.2) is 0 Å². The predicted molar refractivity (Wildman–Crippen MR) is 143 cm³/mol. The van der Waals surface area contributed by atoms with Gasteiger partial charge in [0.05, 0.1) is 0 Å². The minimum absolute atomic E-state index is 0.0417. The standard InChI is InChI=1S/C30H27N3O2/c34-29(18-13-23-7-2-1-3-8-23)33-21-19-32(20-22-33)26-16-14-25(15-17-26)31-30(35)28-12-6-10-24-9-4-5-11-27(24)28/h1-18H,19-22H2,(H,31,35)/b18-13+. The Morgan fingerprint density at radius 3 is 2.17 bits per heavy atom. The first-order chi connectivity index (χ1) is 17.2. The maximum absolute atomic E-state index is 12.9. The van der Waals surface area contributed by atoms with Crippen LogP contribution in [0.2, 0.25) is 0 Å². The highest BCUT2D eigenvalue weighted by atomic mass is 16.2. The molecule has 2 amide bonds. The van der Waals surface area contributed by atoms with Crippen molar-refractivity contribution in [1.29, 1.82) is 0 Å². The lowest BCUT2D eigenvalue weighted by molar-refractivity contribution is -0.126. The Bertz CT molecular complexity index is 1350. The second-order valence-electron chi connectivity index (χ2n) is 8.58. The van der Waals surface area contributed by atoms with E-state index < -0.39 is 0 Å². The normalized spacial score (nSPS) is 13.8. The van der Waals surface area contributed by atoms with Gasteiger partial charge >= 0.3 is 0 Å². The van der Waals surface area contributed by atoms with Crippen LogP contribution in [0, 0.1) is 0 Å². The van der Waals surface area contributed by atoms with Crippen LogP contribution >= 0.6 is 0 Å². The van der Waals surface area contributed by atoms with Gasteiger partial charge in [-0.1, -0.05) is 66.7 Å². The SMILES string of the molecule is O=C(Nc1ccc(N2CCN(C(=O)/C=C/c3ccccc3)CC2)cc1)c1cccc2ccccc12. The van der Waals surface area contributed by atoms with Crippen LogP contribution in [0.5, 0.6) is 0 Å². The second-order valence-corrected chi connectivity index (χ2v) is 8.58. The zero-order valence-electron chi connectivity index (χ0n) is 19.4. The van der Waals surface area contributed by atoms with Crippen LogP contribution in [0.1, 0.15) is 15.9 Å². The number of nitrogens with zero attached hydrogens (tertiary/aromatic N) is 2. The molecule has 1 aliphatic rings. The third-order valence-electron chi connectivity index (χ3n) is 6.33. The molecule has 35 heavy (non-hydrogen) atoms. The van der Waals surface area contributed by atoms with E-state index in [0.29, 0.717) is 18.7 Å². The molecule has 0 aromatic heterocycles. The van der Waals surface area contributed by atoms with Crippen LogP contribution in [-0.4, -0.2) is 42.9 Å². The quantitative estimate of drug-likeness (QED) is 0.402. The average molecular weight is 462 g/mol. The number of benzene rings is 4. The fourth-order valence-corrected chi connectivity index (χ4v) is 4.40. The lowest BCUT2D eigenvalue weighted by Gasteiger charge is -2.35. The van der Waals surface area contributed by atoms with Gasteiger partial charge in [0.15, 0.2) is 0 Å². The van der Waals surface area contributed by atoms with E-state index in [-0.39, 0.29) is 11.8 Å². The Labute approximate surface area is 205 Å². The number of nitrogens with one attached hydrogen (secondary N) is 1. The minimum atomic E-state index is -0.120. The summed E-state index contributed by atoms with van der Waals surface area (Å²) in [5.41, 5.74) is 3.52. The Balaban J connectivity index is 1.17. The van der Waals surface area contributed by atoms with Crippen molar-refractivity contribution >= 4 is 40.0 Å². The number of piperazine rings is 1. The molecule has 174 valence electrons. The lowest BCUT2D eigenvalue weighted by Crippen LogP contribution is -2.48. The van der Waals surface area contributed by atoms with Gasteiger partial charge in [0.1, 0.15) is 0 Å². The predicted octanol–water partition coefficient (Wildman–Crippen LogP) is 5.45. The lowest BCUT2D eigenvalue weighted by atomic mass is 10.0. The molecule has 0 aliphatic carbocycles. The third-order valence-corrected chi connectivity index (χ3v) is 6.33. The molecule has 5 rings (SSSR count). The van der Waals surface area contributed by atoms with Crippen LogP contribution < -0.4 is 10.2 Å². The summed E-state index contributed by atoms with van der Waals surface area (Å²) >= 11 is 0. The van der Waals surface area contributed by atoms with Crippen molar-refractivity contribution < 1.29 is 9.59 Å². The Kier molecular flexibility index (Phi) is 6.57. The van der Waals surface area contributed by atoms with Gasteiger partial charge in [0.2, 0.25) is 5.91 Å². The molecule has 1 fully saturated rings. The fraction of sp³-hybridized carbons (Fsp3) is 0.133. The molecule has 5 nitrogen and oxygen atoms in total. The molecule has 4 aromatic rings. The third kappa shape index (κ3) is 5.25. The van der Waals surface area contributed by atoms with Gasteiger partial charge in [-0.3, -0.25) is 9.59 Å². The Morgan fingerprint density at radius 1 is 0.714 bits per heavy atom. The summed E-state index contributed by atoms with van der Waals surface area (Å²) in [5, 5.41) is 5.00. The average Bonchev–Trinajstić information content (AvgIpc) is 2.92. The maximum atomic E-state index is 12.9. The van der Waals surface area contributed by atoms with Crippen LogP contribution in [0.15, 0.2) is 103 Å². The summed E-state index contributed by atoms with van der Waals surface area (Å²) in [6.07, 6.45) is 3.51. The van der Waals surface area contributed by atoms with Crippen LogP contribution in [0.25, 0.3) is 16.8 Å². The molecular weight excluding hydrogens is 434 g/mol. The van der Waals surface area contributed by atoms with Gasteiger partial charge in [0.25, 0.3) is 5.91 Å². The molecule has 0 spiro atoms. The number of anilines is 2. The van der Waals surface area contributed by atoms with Crippen molar-refractivity contribution in [3.63, 3.8) is 0 Å². The van der Waals surface area contributed by atoms with E-state index >= 15 is 0 Å². The van der Waals surface area contributed by atoms with Crippen LogP contribution in [0.4, 0.5) is 11.4 Å². The number of fused-ring (bicyclic) bond motifs is 1. The summed E-state index contributed by atoms with van der Waals surface area (Å²) in [6, 6.07) is 31.4. The summed E-state index contributed by atoms with van der Waals surface area (Å²) < 4.78 is 0. The van der Waals surface area contributed by atoms with Crippen LogP contribution in [0.3, 0.4) is 0 Å². The smallest absolute Gasteiger partial charge is 0.256 e. The molecule has 0 radical (unpaired) electrons. The summed E-state index contributed by atoms with van der Waals surface area (Å²) in [7, 11) is 0. The highest BCUT2D eigenvalue weighted by Gasteiger charge is 2.20. The van der Waals surface area contributed by atoms with Crippen molar-refractivity contribution in [2.75, 3.05) is 36.4 Å². The number of hydrogen-bond donors (Lipinski definition) is 1. The van der Waals surface area contributed by atoms with E-state index in [0.717, 1.165) is 40.8 Å². The summed E-state index contributed by atoms with van der Waals surface area (Å²) in [5.74, 6) is -0.0785. The molecule has 0 unspecified atom stereocenters. The van der Waals surface area contributed by atoms with E-state index in [4.69, 9.17) is 0 Å². The van der Waals surface area contributed by atoms with E-state index in [2.05, 4.69) is 10.2 Å². The largest absolute Gasteiger partial charge is 0.368 e. The molecular formula is C30H27N3O2. The van der Waals surface area contributed by atoms with E-state index in [9.17, 15) is 9.59 Å². The van der Waals surface area contributed by atoms with E-state index in [1.807, 2.05) is 108 Å². The Hall–Kier alpha value is -4.38. The molecule has 0 bridgehead atoms. The molecule has 0 atom stereocenters. The first kappa shape index (κ1) is 22.4. The molecule has 0 saturated carbocycles. The van der Waals surface area contributed by atoms with Crippen molar-refractivity contribution in [3.8, 4) is 0 Å². The molecule has 1 N–H and O–H groups in total. The van der Waals surface area contributed by atoms with Crippen molar-refractivity contribution in [3.05, 3.63) is 114 Å². The second kappa shape index (κ2) is 10.3. The number of carbonyl (C=O) groups excluding carboxylic acids is 2. The van der Waals surface area contributed by atoms with Crippen molar-refractivity contribution in [1.82, 2.24) is 4.90 Å². The zero-order chi connectivity index (χ0) is 24.0. The van der Waals surface area contributed by atoms with Gasteiger partial charge < -0.3 is 15.1 Å². The monoisotopic (exact) mass is 461 g/mol. The first-order valence-corrected chi connectivity index (χ1v) is 11.8. The maximum Gasteiger partial charge on any atom is 0.256 e. The van der Waals surface area contributed by atoms with E-state index in [1.165, 1.54) is 0 Å². The number of hydrogen-bond acceptors (Lipinski definition) is 3. The highest BCUT2D eigenvalue weighted by molar-refractivity contribution is 6.12.